The van der Waals surface area contributed by atoms with Crippen LogP contribution in [0, 0.1) is 0 Å². The predicted molar refractivity (Wildman–Crippen MR) is 132 cm³/mol. The second-order valence-corrected chi connectivity index (χ2v) is 10.3. The lowest BCUT2D eigenvalue weighted by Crippen LogP contribution is -2.27. The number of hydrogen-bond donors (Lipinski definition) is 1. The molecule has 0 aliphatic carbocycles. The van der Waals surface area contributed by atoms with Crippen molar-refractivity contribution in [1.82, 2.24) is 14.1 Å². The van der Waals surface area contributed by atoms with E-state index in [4.69, 9.17) is 9.47 Å². The van der Waals surface area contributed by atoms with Crippen LogP contribution in [0.1, 0.15) is 30.4 Å². The number of para-hydroxylation sites is 1. The van der Waals surface area contributed by atoms with Gasteiger partial charge in [-0.1, -0.05) is 24.3 Å². The molecule has 2 aromatic carbocycles. The lowest BCUT2D eigenvalue weighted by molar-refractivity contribution is -0.116. The number of methoxy groups -OCH3 is 2. The van der Waals surface area contributed by atoms with Gasteiger partial charge < -0.3 is 14.8 Å². The molecule has 1 saturated heterocycles. The molecule has 0 unspecified atom stereocenters. The van der Waals surface area contributed by atoms with Gasteiger partial charge in [0.25, 0.3) is 0 Å². The van der Waals surface area contributed by atoms with Crippen LogP contribution in [0.25, 0.3) is 0 Å². The number of amides is 1. The number of nitrogens with zero attached hydrogens (tertiary/aromatic N) is 3. The smallest absolute Gasteiger partial charge is 0.243 e. The summed E-state index contributed by atoms with van der Waals surface area (Å²) in [6, 6.07) is 14.1. The van der Waals surface area contributed by atoms with Gasteiger partial charge in [0.05, 0.1) is 31.9 Å². The Labute approximate surface area is 205 Å². The van der Waals surface area contributed by atoms with Crippen molar-refractivity contribution in [3.63, 3.8) is 0 Å². The zero-order valence-corrected chi connectivity index (χ0v) is 20.8. The molecule has 1 aliphatic rings. The zero-order chi connectivity index (χ0) is 24.8. The lowest BCUT2D eigenvalue weighted by atomic mass is 10.1. The molecule has 0 saturated carbocycles. The maximum atomic E-state index is 12.7. The van der Waals surface area contributed by atoms with Crippen molar-refractivity contribution < 1.29 is 22.7 Å². The summed E-state index contributed by atoms with van der Waals surface area (Å²) in [5.41, 5.74) is 1.77. The number of sulfonamides is 1. The summed E-state index contributed by atoms with van der Waals surface area (Å²) >= 11 is 0. The van der Waals surface area contributed by atoms with Gasteiger partial charge in [-0.3, -0.25) is 4.79 Å². The van der Waals surface area contributed by atoms with Crippen molar-refractivity contribution in [3.8, 4) is 11.5 Å². The minimum Gasteiger partial charge on any atom is -0.493 e. The minimum atomic E-state index is -3.43. The Balaban J connectivity index is 1.35. The van der Waals surface area contributed by atoms with E-state index >= 15 is 0 Å². The first kappa shape index (κ1) is 24.7. The van der Waals surface area contributed by atoms with Crippen LogP contribution in [0.4, 0.5) is 5.82 Å². The van der Waals surface area contributed by atoms with Crippen molar-refractivity contribution in [2.24, 2.45) is 0 Å². The molecule has 2 heterocycles. The van der Waals surface area contributed by atoms with Crippen LogP contribution in [0.5, 0.6) is 11.5 Å². The zero-order valence-electron chi connectivity index (χ0n) is 19.9. The highest BCUT2D eigenvalue weighted by Crippen LogP contribution is 2.31. The van der Waals surface area contributed by atoms with Crippen molar-refractivity contribution in [2.75, 3.05) is 32.6 Å². The van der Waals surface area contributed by atoms with Gasteiger partial charge in [0.2, 0.25) is 15.9 Å². The van der Waals surface area contributed by atoms with E-state index in [1.165, 1.54) is 4.31 Å². The maximum absolute atomic E-state index is 12.7. The average Bonchev–Trinajstić information content (AvgIpc) is 3.56. The van der Waals surface area contributed by atoms with Crippen molar-refractivity contribution in [3.05, 3.63) is 65.9 Å². The van der Waals surface area contributed by atoms with Gasteiger partial charge in [-0.2, -0.15) is 9.40 Å². The van der Waals surface area contributed by atoms with E-state index in [1.54, 1.807) is 55.4 Å². The average molecular weight is 499 g/mol. The third kappa shape index (κ3) is 5.66. The number of nitrogens with one attached hydrogen (secondary N) is 1. The van der Waals surface area contributed by atoms with E-state index < -0.39 is 10.0 Å². The molecule has 0 atom stereocenters. The van der Waals surface area contributed by atoms with Gasteiger partial charge in [-0.05, 0) is 43.0 Å². The van der Waals surface area contributed by atoms with Gasteiger partial charge in [-0.25, -0.2) is 13.1 Å². The van der Waals surface area contributed by atoms with E-state index in [0.29, 0.717) is 48.3 Å². The number of carbonyl (C=O) groups is 1. The summed E-state index contributed by atoms with van der Waals surface area (Å²) < 4.78 is 39.4. The van der Waals surface area contributed by atoms with Crippen LogP contribution >= 0.6 is 0 Å². The van der Waals surface area contributed by atoms with Crippen LogP contribution in [-0.2, 0) is 27.8 Å². The third-order valence-corrected chi connectivity index (χ3v) is 7.97. The number of hydrogen-bond acceptors (Lipinski definition) is 6. The number of rotatable bonds is 10. The van der Waals surface area contributed by atoms with Gasteiger partial charge >= 0.3 is 0 Å². The van der Waals surface area contributed by atoms with Crippen LogP contribution in [0.3, 0.4) is 0 Å². The first-order valence-electron chi connectivity index (χ1n) is 11.5. The van der Waals surface area contributed by atoms with Crippen LogP contribution < -0.4 is 14.8 Å². The number of aryl methyl sites for hydroxylation is 1. The molecule has 0 radical (unpaired) electrons. The Bertz CT molecular complexity index is 1270. The van der Waals surface area contributed by atoms with E-state index in [-0.39, 0.29) is 12.3 Å². The Kier molecular flexibility index (Phi) is 7.72. The fourth-order valence-corrected chi connectivity index (χ4v) is 5.69. The van der Waals surface area contributed by atoms with Crippen molar-refractivity contribution in [2.45, 2.75) is 37.1 Å². The molecule has 9 nitrogen and oxygen atoms in total. The lowest BCUT2D eigenvalue weighted by Gasteiger charge is -2.15. The first-order valence-corrected chi connectivity index (χ1v) is 13.0. The molecule has 1 fully saturated rings. The van der Waals surface area contributed by atoms with Crippen LogP contribution in [0.2, 0.25) is 0 Å². The molecule has 0 spiro atoms. The number of benzene rings is 2. The number of ether oxygens (including phenoxy) is 2. The standard InChI is InChI=1S/C25H30N4O5S/c1-33-22-7-5-6-20(25(22)34-2)18-29-23(14-15-26-29)27-24(30)13-10-19-8-11-21(12-9-19)35(31,32)28-16-3-4-17-28/h5-9,11-12,14-15H,3-4,10,13,16-18H2,1-2H3,(H,27,30). The first-order chi connectivity index (χ1) is 16.9. The van der Waals surface area contributed by atoms with Crippen molar-refractivity contribution >= 4 is 21.7 Å². The summed E-state index contributed by atoms with van der Waals surface area (Å²) in [6.45, 7) is 1.55. The highest BCUT2D eigenvalue weighted by Gasteiger charge is 2.26. The number of aromatic nitrogens is 2. The molecule has 1 aromatic heterocycles. The fraction of sp³-hybridized carbons (Fsp3) is 0.360. The second kappa shape index (κ2) is 10.9. The van der Waals surface area contributed by atoms with Crippen LogP contribution in [0.15, 0.2) is 59.6 Å². The minimum absolute atomic E-state index is 0.155. The quantitative estimate of drug-likeness (QED) is 0.460. The Morgan fingerprint density at radius 1 is 1.03 bits per heavy atom. The van der Waals surface area contributed by atoms with Gasteiger partial charge in [-0.15, -0.1) is 0 Å². The number of anilines is 1. The second-order valence-electron chi connectivity index (χ2n) is 8.33. The molecule has 0 bridgehead atoms. The molecular formula is C25H30N4O5S. The van der Waals surface area contributed by atoms with E-state index in [0.717, 1.165) is 24.0 Å². The molecule has 4 rings (SSSR count). The molecule has 1 N–H and O–H groups in total. The maximum Gasteiger partial charge on any atom is 0.243 e. The number of carbonyl (C=O) groups excluding carboxylic acids is 1. The van der Waals surface area contributed by atoms with E-state index in [9.17, 15) is 13.2 Å². The highest BCUT2D eigenvalue weighted by molar-refractivity contribution is 7.89. The monoisotopic (exact) mass is 498 g/mol. The SMILES string of the molecule is COc1cccc(Cn2nccc2NC(=O)CCc2ccc(S(=O)(=O)N3CCCC3)cc2)c1OC. The summed E-state index contributed by atoms with van der Waals surface area (Å²) in [5, 5.41) is 7.23. The predicted octanol–water partition coefficient (Wildman–Crippen LogP) is 3.30. The molecule has 1 amide bonds. The molecule has 1 aliphatic heterocycles. The topological polar surface area (TPSA) is 103 Å². The van der Waals surface area contributed by atoms with Crippen LogP contribution in [-0.4, -0.2) is 55.7 Å². The highest BCUT2D eigenvalue weighted by atomic mass is 32.2. The Hall–Kier alpha value is -3.37. The van der Waals surface area contributed by atoms with Crippen molar-refractivity contribution in [1.29, 1.82) is 0 Å². The molecule has 10 heteroatoms. The van der Waals surface area contributed by atoms with E-state index in [2.05, 4.69) is 10.4 Å². The fourth-order valence-electron chi connectivity index (χ4n) is 4.17. The summed E-state index contributed by atoms with van der Waals surface area (Å²) in [6.07, 6.45) is 4.18. The van der Waals surface area contributed by atoms with Gasteiger partial charge in [0.15, 0.2) is 11.5 Å². The van der Waals surface area contributed by atoms with Gasteiger partial charge in [0, 0.05) is 31.1 Å². The molecular weight excluding hydrogens is 468 g/mol. The summed E-state index contributed by atoms with van der Waals surface area (Å²) in [7, 11) is -0.264. The third-order valence-electron chi connectivity index (χ3n) is 6.06. The largest absolute Gasteiger partial charge is 0.493 e. The normalized spacial score (nSPS) is 14.1. The summed E-state index contributed by atoms with van der Waals surface area (Å²) in [4.78, 5) is 12.9. The Morgan fingerprint density at radius 3 is 2.46 bits per heavy atom. The van der Waals surface area contributed by atoms with Gasteiger partial charge in [0.1, 0.15) is 5.82 Å². The molecule has 186 valence electrons. The molecule has 3 aromatic rings. The van der Waals surface area contributed by atoms with E-state index in [1.807, 2.05) is 18.2 Å². The molecule has 35 heavy (non-hydrogen) atoms. The summed E-state index contributed by atoms with van der Waals surface area (Å²) in [5.74, 6) is 1.67. The Morgan fingerprint density at radius 2 is 1.77 bits per heavy atom.